The smallest absolute Gasteiger partial charge is 0.221 e. The van der Waals surface area contributed by atoms with Crippen LogP contribution in [-0.4, -0.2) is 13.0 Å². The van der Waals surface area contributed by atoms with E-state index in [1.165, 1.54) is 11.8 Å². The van der Waals surface area contributed by atoms with Crippen LogP contribution in [0.2, 0.25) is 0 Å². The number of methoxy groups -OCH3 is 1. The zero-order valence-electron chi connectivity index (χ0n) is 12.1. The fraction of sp³-hybridized carbons (Fsp3) is 0.267. The molecular weight excluding hydrogens is 352 g/mol. The van der Waals surface area contributed by atoms with Gasteiger partial charge in [-0.15, -0.1) is 11.3 Å². The molecule has 6 heteroatoms. The van der Waals surface area contributed by atoms with Crippen LogP contribution in [0.4, 0.5) is 11.4 Å². The van der Waals surface area contributed by atoms with Crippen LogP contribution < -0.4 is 15.4 Å². The van der Waals surface area contributed by atoms with Crippen molar-refractivity contribution >= 4 is 44.5 Å². The molecule has 1 atom stereocenters. The standard InChI is InChI=1S/C15H17BrN2O2S/c1-9(15-12(16)6-7-21-15)17-11-4-5-13(18-10(2)19)14(8-11)20-3/h4-9,17H,1-3H3,(H,18,19). The molecule has 112 valence electrons. The Kier molecular flexibility index (Phi) is 5.25. The van der Waals surface area contributed by atoms with Gasteiger partial charge in [0.2, 0.25) is 5.91 Å². The molecule has 0 bridgehead atoms. The quantitative estimate of drug-likeness (QED) is 0.807. The van der Waals surface area contributed by atoms with Crippen LogP contribution in [0.15, 0.2) is 34.1 Å². The first kappa shape index (κ1) is 15.9. The maximum absolute atomic E-state index is 11.2. The number of thiophene rings is 1. The van der Waals surface area contributed by atoms with Gasteiger partial charge in [0.25, 0.3) is 0 Å². The number of hydrogen-bond acceptors (Lipinski definition) is 4. The molecule has 2 rings (SSSR count). The summed E-state index contributed by atoms with van der Waals surface area (Å²) in [6.07, 6.45) is 0. The van der Waals surface area contributed by atoms with E-state index in [1.54, 1.807) is 18.4 Å². The number of nitrogens with one attached hydrogen (secondary N) is 2. The second-order valence-corrected chi connectivity index (χ2v) is 6.40. The normalized spacial score (nSPS) is 11.8. The van der Waals surface area contributed by atoms with Crippen LogP contribution in [0.5, 0.6) is 5.75 Å². The van der Waals surface area contributed by atoms with Gasteiger partial charge in [-0.25, -0.2) is 0 Å². The molecule has 1 aromatic heterocycles. The third-order valence-electron chi connectivity index (χ3n) is 2.93. The average molecular weight is 369 g/mol. The van der Waals surface area contributed by atoms with Crippen molar-refractivity contribution in [3.63, 3.8) is 0 Å². The predicted molar refractivity (Wildman–Crippen MR) is 91.4 cm³/mol. The monoisotopic (exact) mass is 368 g/mol. The van der Waals surface area contributed by atoms with E-state index in [-0.39, 0.29) is 11.9 Å². The highest BCUT2D eigenvalue weighted by atomic mass is 79.9. The molecule has 0 radical (unpaired) electrons. The van der Waals surface area contributed by atoms with Gasteiger partial charge >= 0.3 is 0 Å². The zero-order chi connectivity index (χ0) is 15.4. The lowest BCUT2D eigenvalue weighted by atomic mass is 10.2. The van der Waals surface area contributed by atoms with Crippen molar-refractivity contribution in [1.29, 1.82) is 0 Å². The lowest BCUT2D eigenvalue weighted by Crippen LogP contribution is -2.09. The summed E-state index contributed by atoms with van der Waals surface area (Å²) in [6, 6.07) is 7.85. The van der Waals surface area contributed by atoms with Gasteiger partial charge in [0.15, 0.2) is 0 Å². The van der Waals surface area contributed by atoms with Crippen molar-refractivity contribution in [2.75, 3.05) is 17.7 Å². The average Bonchev–Trinajstić information content (AvgIpc) is 2.86. The van der Waals surface area contributed by atoms with Gasteiger partial charge in [0.05, 0.1) is 18.8 Å². The Balaban J connectivity index is 2.17. The highest BCUT2D eigenvalue weighted by molar-refractivity contribution is 9.10. The second-order valence-electron chi connectivity index (χ2n) is 4.60. The lowest BCUT2D eigenvalue weighted by molar-refractivity contribution is -0.114. The summed E-state index contributed by atoms with van der Waals surface area (Å²) in [5.41, 5.74) is 1.61. The molecule has 0 fully saturated rings. The summed E-state index contributed by atoms with van der Waals surface area (Å²) in [5.74, 6) is 0.512. The van der Waals surface area contributed by atoms with Crippen molar-refractivity contribution in [3.8, 4) is 5.75 Å². The minimum Gasteiger partial charge on any atom is -0.494 e. The van der Waals surface area contributed by atoms with E-state index in [0.717, 1.165) is 10.2 Å². The van der Waals surface area contributed by atoms with Gasteiger partial charge in [-0.2, -0.15) is 0 Å². The summed E-state index contributed by atoms with van der Waals surface area (Å²) in [4.78, 5) is 12.4. The molecule has 2 N–H and O–H groups in total. The molecular formula is C15H17BrN2O2S. The van der Waals surface area contributed by atoms with Crippen LogP contribution in [0, 0.1) is 0 Å². The van der Waals surface area contributed by atoms with E-state index in [0.29, 0.717) is 11.4 Å². The maximum atomic E-state index is 11.2. The SMILES string of the molecule is COc1cc(NC(C)c2sccc2Br)ccc1NC(C)=O. The number of amides is 1. The highest BCUT2D eigenvalue weighted by Crippen LogP contribution is 2.33. The number of ether oxygens (including phenoxy) is 1. The Labute approximate surface area is 136 Å². The van der Waals surface area contributed by atoms with E-state index >= 15 is 0 Å². The van der Waals surface area contributed by atoms with Crippen LogP contribution >= 0.6 is 27.3 Å². The number of halogens is 1. The Morgan fingerprint density at radius 1 is 1.38 bits per heavy atom. The maximum Gasteiger partial charge on any atom is 0.221 e. The van der Waals surface area contributed by atoms with E-state index in [2.05, 4.69) is 38.9 Å². The van der Waals surface area contributed by atoms with E-state index in [4.69, 9.17) is 4.74 Å². The summed E-state index contributed by atoms with van der Waals surface area (Å²) in [6.45, 7) is 3.58. The molecule has 0 aliphatic carbocycles. The third-order valence-corrected chi connectivity index (χ3v) is 4.99. The molecule has 21 heavy (non-hydrogen) atoms. The van der Waals surface area contributed by atoms with Crippen LogP contribution in [0.3, 0.4) is 0 Å². The van der Waals surface area contributed by atoms with Gasteiger partial charge in [-0.05, 0) is 46.4 Å². The lowest BCUT2D eigenvalue weighted by Gasteiger charge is -2.17. The number of rotatable bonds is 5. The summed E-state index contributed by atoms with van der Waals surface area (Å²) < 4.78 is 6.43. The minimum absolute atomic E-state index is 0.120. The van der Waals surface area contributed by atoms with Crippen molar-refractivity contribution in [1.82, 2.24) is 0 Å². The molecule has 0 saturated heterocycles. The topological polar surface area (TPSA) is 50.4 Å². The van der Waals surface area contributed by atoms with E-state index in [9.17, 15) is 4.79 Å². The molecule has 1 amide bonds. The third kappa shape index (κ3) is 3.98. The molecule has 0 aliphatic heterocycles. The number of carbonyl (C=O) groups excluding carboxylic acids is 1. The second kappa shape index (κ2) is 6.95. The number of anilines is 2. The number of hydrogen-bond donors (Lipinski definition) is 2. The Hall–Kier alpha value is -1.53. The first-order valence-corrected chi connectivity index (χ1v) is 8.13. The molecule has 1 unspecified atom stereocenters. The first-order chi connectivity index (χ1) is 10.0. The van der Waals surface area contributed by atoms with E-state index < -0.39 is 0 Å². The predicted octanol–water partition coefficient (Wildman–Crippen LogP) is 4.65. The molecule has 0 aliphatic rings. The Morgan fingerprint density at radius 2 is 2.14 bits per heavy atom. The van der Waals surface area contributed by atoms with Crippen LogP contribution in [0.25, 0.3) is 0 Å². The van der Waals surface area contributed by atoms with Gasteiger partial charge in [0, 0.05) is 28.0 Å². The Morgan fingerprint density at radius 3 is 2.71 bits per heavy atom. The van der Waals surface area contributed by atoms with Crippen molar-refractivity contribution in [3.05, 3.63) is 39.0 Å². The fourth-order valence-corrected chi connectivity index (χ4v) is 3.73. The highest BCUT2D eigenvalue weighted by Gasteiger charge is 2.12. The van der Waals surface area contributed by atoms with Crippen LogP contribution in [-0.2, 0) is 4.79 Å². The van der Waals surface area contributed by atoms with Gasteiger partial charge in [0.1, 0.15) is 5.75 Å². The Bertz CT molecular complexity index is 642. The molecule has 0 spiro atoms. The fourth-order valence-electron chi connectivity index (χ4n) is 2.00. The van der Waals surface area contributed by atoms with Gasteiger partial charge in [-0.3, -0.25) is 4.79 Å². The summed E-state index contributed by atoms with van der Waals surface area (Å²) >= 11 is 5.25. The molecule has 1 heterocycles. The minimum atomic E-state index is -0.120. The first-order valence-electron chi connectivity index (χ1n) is 6.46. The molecule has 0 saturated carbocycles. The summed E-state index contributed by atoms with van der Waals surface area (Å²) in [5, 5.41) is 8.23. The van der Waals surface area contributed by atoms with Crippen LogP contribution in [0.1, 0.15) is 24.8 Å². The number of carbonyl (C=O) groups is 1. The number of benzene rings is 1. The zero-order valence-corrected chi connectivity index (χ0v) is 14.5. The van der Waals surface area contributed by atoms with Gasteiger partial charge < -0.3 is 15.4 Å². The molecule has 1 aromatic carbocycles. The summed E-state index contributed by atoms with van der Waals surface area (Å²) in [7, 11) is 1.59. The van der Waals surface area contributed by atoms with Crippen molar-refractivity contribution in [2.24, 2.45) is 0 Å². The largest absolute Gasteiger partial charge is 0.494 e. The van der Waals surface area contributed by atoms with Gasteiger partial charge in [-0.1, -0.05) is 0 Å². The van der Waals surface area contributed by atoms with Crippen molar-refractivity contribution < 1.29 is 9.53 Å². The molecule has 4 nitrogen and oxygen atoms in total. The van der Waals surface area contributed by atoms with E-state index in [1.807, 2.05) is 24.3 Å². The molecule has 2 aromatic rings. The van der Waals surface area contributed by atoms with Crippen molar-refractivity contribution in [2.45, 2.75) is 19.9 Å².